The van der Waals surface area contributed by atoms with E-state index >= 15 is 0 Å². The molecule has 3 aliphatic rings. The predicted molar refractivity (Wildman–Crippen MR) is 132 cm³/mol. The van der Waals surface area contributed by atoms with E-state index in [1.54, 1.807) is 12.4 Å². The molecular weight excluding hydrogens is 430 g/mol. The fourth-order valence-electron chi connectivity index (χ4n) is 5.56. The van der Waals surface area contributed by atoms with E-state index < -0.39 is 5.43 Å². The average molecular weight is 472 g/mol. The minimum absolute atomic E-state index is 0.0497. The van der Waals surface area contributed by atoms with Gasteiger partial charge in [0, 0.05) is 44.7 Å². The fraction of sp³-hybridized carbons (Fsp3) is 0.741. The number of likely N-dealkylation sites (tertiary alicyclic amines) is 1. The number of nitrogens with zero attached hydrogens (tertiary/aromatic N) is 2. The number of hydrogen-bond acceptors (Lipinski definition) is 4. The van der Waals surface area contributed by atoms with Crippen LogP contribution in [0.15, 0.2) is 17.2 Å². The number of carbonyl (C=O) groups excluding carboxylic acids is 2. The summed E-state index contributed by atoms with van der Waals surface area (Å²) in [4.78, 5) is 42.0. The highest BCUT2D eigenvalue weighted by atomic mass is 16.5. The number of amides is 2. The zero-order valence-corrected chi connectivity index (χ0v) is 20.6. The molecule has 0 spiro atoms. The lowest BCUT2D eigenvalue weighted by molar-refractivity contribution is 0.0737. The van der Waals surface area contributed by atoms with Crippen molar-refractivity contribution in [2.45, 2.75) is 109 Å². The van der Waals surface area contributed by atoms with Crippen LogP contribution in [0, 0.1) is 0 Å². The number of hydrogen-bond donors (Lipinski definition) is 1. The van der Waals surface area contributed by atoms with Gasteiger partial charge in [0.25, 0.3) is 11.8 Å². The Morgan fingerprint density at radius 1 is 0.824 bits per heavy atom. The lowest BCUT2D eigenvalue weighted by Crippen LogP contribution is -2.41. The second-order valence-corrected chi connectivity index (χ2v) is 10.3. The van der Waals surface area contributed by atoms with Crippen molar-refractivity contribution in [2.24, 2.45) is 0 Å². The zero-order valence-electron chi connectivity index (χ0n) is 20.6. The van der Waals surface area contributed by atoms with Crippen molar-refractivity contribution < 1.29 is 14.3 Å². The molecular formula is C27H41N3O4. The molecule has 4 rings (SSSR count). The molecule has 1 N–H and O–H groups in total. The quantitative estimate of drug-likeness (QED) is 0.695. The molecule has 7 nitrogen and oxygen atoms in total. The van der Waals surface area contributed by atoms with Gasteiger partial charge in [-0.05, 0) is 38.5 Å². The number of aromatic nitrogens is 1. The van der Waals surface area contributed by atoms with E-state index in [1.807, 2.05) is 9.47 Å². The first-order valence-corrected chi connectivity index (χ1v) is 13.6. The molecule has 1 unspecified atom stereocenters. The van der Waals surface area contributed by atoms with Crippen LogP contribution < -0.4 is 10.7 Å². The van der Waals surface area contributed by atoms with Crippen molar-refractivity contribution in [1.82, 2.24) is 14.8 Å². The summed E-state index contributed by atoms with van der Waals surface area (Å²) in [5.41, 5.74) is -0.249. The van der Waals surface area contributed by atoms with Gasteiger partial charge in [-0.1, -0.05) is 51.4 Å². The van der Waals surface area contributed by atoms with Crippen LogP contribution in [0.2, 0.25) is 0 Å². The summed E-state index contributed by atoms with van der Waals surface area (Å²) in [7, 11) is 0. The van der Waals surface area contributed by atoms with Gasteiger partial charge >= 0.3 is 0 Å². The normalized spacial score (nSPS) is 22.9. The Morgan fingerprint density at radius 2 is 1.44 bits per heavy atom. The highest BCUT2D eigenvalue weighted by molar-refractivity contribution is 5.99. The van der Waals surface area contributed by atoms with Crippen LogP contribution in [0.4, 0.5) is 0 Å². The standard InChI is InChI=1S/C27H41N3O4/c31-25-23(26(32)28-21-12-7-3-1-4-8-13-21)19-29(18-22-14-11-17-34-22)20-24(25)27(33)30-15-9-5-2-6-10-16-30/h19-22H,1-18H2,(H,28,32). The summed E-state index contributed by atoms with van der Waals surface area (Å²) >= 11 is 0. The van der Waals surface area contributed by atoms with E-state index in [4.69, 9.17) is 4.74 Å². The Labute approximate surface area is 203 Å². The van der Waals surface area contributed by atoms with Crippen LogP contribution in [-0.2, 0) is 11.3 Å². The van der Waals surface area contributed by atoms with Crippen LogP contribution in [-0.4, -0.2) is 53.1 Å². The molecule has 0 bridgehead atoms. The first kappa shape index (κ1) is 25.0. The molecule has 1 aliphatic carbocycles. The smallest absolute Gasteiger partial charge is 0.259 e. The molecule has 34 heavy (non-hydrogen) atoms. The van der Waals surface area contributed by atoms with Crippen LogP contribution >= 0.6 is 0 Å². The molecule has 0 aromatic carbocycles. The van der Waals surface area contributed by atoms with Gasteiger partial charge in [0.15, 0.2) is 0 Å². The first-order chi connectivity index (χ1) is 16.6. The van der Waals surface area contributed by atoms with Gasteiger partial charge in [-0.3, -0.25) is 14.4 Å². The van der Waals surface area contributed by atoms with E-state index in [2.05, 4.69) is 5.32 Å². The average Bonchev–Trinajstić information content (AvgIpc) is 3.29. The summed E-state index contributed by atoms with van der Waals surface area (Å²) in [5.74, 6) is -0.590. The molecule has 7 heteroatoms. The zero-order chi connectivity index (χ0) is 23.8. The van der Waals surface area contributed by atoms with Crippen molar-refractivity contribution in [3.05, 3.63) is 33.7 Å². The molecule has 1 aromatic rings. The Morgan fingerprint density at radius 3 is 2.09 bits per heavy atom. The lowest BCUT2D eigenvalue weighted by atomic mass is 9.96. The summed E-state index contributed by atoms with van der Waals surface area (Å²) in [6, 6.07) is 0.0903. The van der Waals surface area contributed by atoms with Crippen LogP contribution in [0.1, 0.15) is 111 Å². The minimum Gasteiger partial charge on any atom is -0.376 e. The number of nitrogens with one attached hydrogen (secondary N) is 1. The Kier molecular flexibility index (Phi) is 9.19. The molecule has 3 fully saturated rings. The lowest BCUT2D eigenvalue weighted by Gasteiger charge is -2.25. The second-order valence-electron chi connectivity index (χ2n) is 10.3. The summed E-state index contributed by atoms with van der Waals surface area (Å²) in [6.45, 7) is 2.62. The summed E-state index contributed by atoms with van der Waals surface area (Å²) < 4.78 is 7.62. The maximum absolute atomic E-state index is 13.5. The van der Waals surface area contributed by atoms with Crippen LogP contribution in [0.5, 0.6) is 0 Å². The third-order valence-corrected chi connectivity index (χ3v) is 7.58. The van der Waals surface area contributed by atoms with Crippen LogP contribution in [0.3, 0.4) is 0 Å². The molecule has 3 heterocycles. The van der Waals surface area contributed by atoms with Crippen molar-refractivity contribution in [1.29, 1.82) is 0 Å². The fourth-order valence-corrected chi connectivity index (χ4v) is 5.56. The molecule has 2 saturated heterocycles. The Balaban J connectivity index is 1.59. The van der Waals surface area contributed by atoms with Gasteiger partial charge in [-0.2, -0.15) is 0 Å². The summed E-state index contributed by atoms with van der Waals surface area (Å²) in [5, 5.41) is 3.12. The van der Waals surface area contributed by atoms with Gasteiger partial charge in [0.05, 0.1) is 6.10 Å². The molecule has 2 aliphatic heterocycles. The van der Waals surface area contributed by atoms with Crippen molar-refractivity contribution in [2.75, 3.05) is 19.7 Å². The Hall–Kier alpha value is -2.15. The van der Waals surface area contributed by atoms with E-state index in [0.717, 1.165) is 70.8 Å². The topological polar surface area (TPSA) is 80.6 Å². The highest BCUT2D eigenvalue weighted by Gasteiger charge is 2.26. The van der Waals surface area contributed by atoms with E-state index in [0.29, 0.717) is 19.6 Å². The number of rotatable bonds is 5. The van der Waals surface area contributed by atoms with Crippen molar-refractivity contribution in [3.63, 3.8) is 0 Å². The summed E-state index contributed by atoms with van der Waals surface area (Å²) in [6.07, 6.45) is 18.4. The van der Waals surface area contributed by atoms with Crippen molar-refractivity contribution >= 4 is 11.8 Å². The third kappa shape index (κ3) is 6.71. The van der Waals surface area contributed by atoms with E-state index in [1.165, 1.54) is 25.7 Å². The maximum Gasteiger partial charge on any atom is 0.259 e. The van der Waals surface area contributed by atoms with Gasteiger partial charge in [0.1, 0.15) is 11.1 Å². The molecule has 188 valence electrons. The van der Waals surface area contributed by atoms with E-state index in [9.17, 15) is 14.4 Å². The first-order valence-electron chi connectivity index (χ1n) is 13.6. The number of carbonyl (C=O) groups is 2. The van der Waals surface area contributed by atoms with Gasteiger partial charge in [-0.25, -0.2) is 0 Å². The molecule has 1 aromatic heterocycles. The minimum atomic E-state index is -0.445. The second kappa shape index (κ2) is 12.5. The molecule has 1 atom stereocenters. The van der Waals surface area contributed by atoms with Gasteiger partial charge < -0.3 is 19.5 Å². The predicted octanol–water partition coefficient (Wildman–Crippen LogP) is 4.28. The van der Waals surface area contributed by atoms with Gasteiger partial charge in [0.2, 0.25) is 5.43 Å². The molecule has 1 saturated carbocycles. The molecule has 2 amide bonds. The highest BCUT2D eigenvalue weighted by Crippen LogP contribution is 2.19. The maximum atomic E-state index is 13.5. The van der Waals surface area contributed by atoms with Crippen molar-refractivity contribution in [3.8, 4) is 0 Å². The third-order valence-electron chi connectivity index (χ3n) is 7.58. The largest absolute Gasteiger partial charge is 0.376 e. The van der Waals surface area contributed by atoms with Gasteiger partial charge in [-0.15, -0.1) is 0 Å². The van der Waals surface area contributed by atoms with E-state index in [-0.39, 0.29) is 35.1 Å². The molecule has 0 radical (unpaired) electrons. The number of pyridine rings is 1. The Bertz CT molecular complexity index is 874. The monoisotopic (exact) mass is 471 g/mol. The number of ether oxygens (including phenoxy) is 1. The SMILES string of the molecule is O=C(NC1CCCCCCC1)c1cn(CC2CCCO2)cc(C(=O)N2CCCCCCC2)c1=O. The van der Waals surface area contributed by atoms with Crippen LogP contribution in [0.25, 0.3) is 0 Å².